The first kappa shape index (κ1) is 18.5. The first-order valence-electron chi connectivity index (χ1n) is 7.88. The van der Waals surface area contributed by atoms with Crippen molar-refractivity contribution in [3.63, 3.8) is 0 Å². The smallest absolute Gasteiger partial charge is 0.247 e. The van der Waals surface area contributed by atoms with Crippen LogP contribution in [0.15, 0.2) is 47.6 Å². The summed E-state index contributed by atoms with van der Waals surface area (Å²) in [5, 5.41) is 4.98. The normalized spacial score (nSPS) is 17.2. The predicted molar refractivity (Wildman–Crippen MR) is 102 cm³/mol. The van der Waals surface area contributed by atoms with Gasteiger partial charge in [0.05, 0.1) is 32.2 Å². The maximum Gasteiger partial charge on any atom is 0.247 e. The minimum atomic E-state index is -3.57. The summed E-state index contributed by atoms with van der Waals surface area (Å²) in [6.07, 6.45) is 1.55. The summed E-state index contributed by atoms with van der Waals surface area (Å²) < 4.78 is 36.5. The van der Waals surface area contributed by atoms with E-state index in [1.807, 2.05) is 12.1 Å². The number of hydrazone groups is 1. The van der Waals surface area contributed by atoms with Gasteiger partial charge in [0.2, 0.25) is 10.0 Å². The zero-order valence-electron chi connectivity index (χ0n) is 14.6. The first-order chi connectivity index (χ1) is 12.3. The number of sulfonamides is 1. The van der Waals surface area contributed by atoms with Crippen molar-refractivity contribution >= 4 is 27.3 Å². The van der Waals surface area contributed by atoms with Gasteiger partial charge in [-0.2, -0.15) is 9.52 Å². The van der Waals surface area contributed by atoms with Gasteiger partial charge in [-0.05, 0) is 35.9 Å². The van der Waals surface area contributed by atoms with Crippen LogP contribution < -0.4 is 9.47 Å². The SMILES string of the molecule is COc1ccc(OC)c(C2CC(c3ccc(Cl)cc3)=NN2S(C)(=O)=O)c1. The molecule has 0 N–H and O–H groups in total. The van der Waals surface area contributed by atoms with Crippen LogP contribution in [0.3, 0.4) is 0 Å². The molecule has 0 aliphatic carbocycles. The Morgan fingerprint density at radius 1 is 1.12 bits per heavy atom. The minimum Gasteiger partial charge on any atom is -0.497 e. The van der Waals surface area contributed by atoms with Crippen molar-refractivity contribution in [3.05, 3.63) is 58.6 Å². The second kappa shape index (κ2) is 7.17. The van der Waals surface area contributed by atoms with Crippen LogP contribution in [0.1, 0.15) is 23.6 Å². The topological polar surface area (TPSA) is 68.2 Å². The van der Waals surface area contributed by atoms with Gasteiger partial charge in [0.1, 0.15) is 11.5 Å². The fraction of sp³-hybridized carbons (Fsp3) is 0.278. The lowest BCUT2D eigenvalue weighted by Crippen LogP contribution is -2.26. The monoisotopic (exact) mass is 394 g/mol. The lowest BCUT2D eigenvalue weighted by molar-refractivity contribution is 0.348. The average Bonchev–Trinajstić information content (AvgIpc) is 3.07. The molecule has 1 unspecified atom stereocenters. The van der Waals surface area contributed by atoms with Crippen molar-refractivity contribution < 1.29 is 17.9 Å². The van der Waals surface area contributed by atoms with E-state index in [0.717, 1.165) is 16.2 Å². The minimum absolute atomic E-state index is 0.415. The fourth-order valence-electron chi connectivity index (χ4n) is 2.94. The Bertz CT molecular complexity index is 942. The Labute approximate surface area is 158 Å². The summed E-state index contributed by atoms with van der Waals surface area (Å²) >= 11 is 5.94. The Balaban J connectivity index is 2.06. The number of nitrogens with zero attached hydrogens (tertiary/aromatic N) is 2. The van der Waals surface area contributed by atoms with Gasteiger partial charge in [0, 0.05) is 17.0 Å². The third kappa shape index (κ3) is 3.64. The highest BCUT2D eigenvalue weighted by Gasteiger charge is 2.36. The molecule has 0 spiro atoms. The van der Waals surface area contributed by atoms with Gasteiger partial charge < -0.3 is 9.47 Å². The third-order valence-electron chi connectivity index (χ3n) is 4.19. The molecular formula is C18H19ClN2O4S. The largest absolute Gasteiger partial charge is 0.497 e. The highest BCUT2D eigenvalue weighted by atomic mass is 35.5. The Morgan fingerprint density at radius 2 is 1.81 bits per heavy atom. The van der Waals surface area contributed by atoms with Gasteiger partial charge in [-0.1, -0.05) is 23.7 Å². The highest BCUT2D eigenvalue weighted by Crippen LogP contribution is 2.40. The molecule has 2 aromatic rings. The van der Waals surface area contributed by atoms with Crippen LogP contribution in [-0.2, 0) is 10.0 Å². The number of methoxy groups -OCH3 is 2. The van der Waals surface area contributed by atoms with Gasteiger partial charge in [-0.15, -0.1) is 0 Å². The fourth-order valence-corrected chi connectivity index (χ4v) is 3.97. The molecule has 0 amide bonds. The Morgan fingerprint density at radius 3 is 2.38 bits per heavy atom. The molecule has 0 fully saturated rings. The molecule has 1 aliphatic heterocycles. The zero-order chi connectivity index (χ0) is 18.9. The molecule has 0 bridgehead atoms. The molecule has 138 valence electrons. The van der Waals surface area contributed by atoms with Crippen LogP contribution in [0.25, 0.3) is 0 Å². The molecule has 8 heteroatoms. The Kier molecular flexibility index (Phi) is 5.11. The van der Waals surface area contributed by atoms with E-state index >= 15 is 0 Å². The van der Waals surface area contributed by atoms with Crippen molar-refractivity contribution in [1.29, 1.82) is 0 Å². The van der Waals surface area contributed by atoms with Crippen LogP contribution in [0.4, 0.5) is 0 Å². The van der Waals surface area contributed by atoms with Crippen molar-refractivity contribution in [2.75, 3.05) is 20.5 Å². The number of rotatable bonds is 5. The Hall–Kier alpha value is -2.25. The molecule has 6 nitrogen and oxygen atoms in total. The van der Waals surface area contributed by atoms with E-state index in [4.69, 9.17) is 21.1 Å². The summed E-state index contributed by atoms with van der Waals surface area (Å²) in [6, 6.07) is 12.0. The average molecular weight is 395 g/mol. The molecule has 1 heterocycles. The van der Waals surface area contributed by atoms with E-state index in [0.29, 0.717) is 34.2 Å². The van der Waals surface area contributed by atoms with Crippen molar-refractivity contribution in [2.45, 2.75) is 12.5 Å². The number of hydrogen-bond donors (Lipinski definition) is 0. The highest BCUT2D eigenvalue weighted by molar-refractivity contribution is 7.88. The molecule has 0 aromatic heterocycles. The standard InChI is InChI=1S/C18H19ClN2O4S/c1-24-14-8-9-18(25-2)15(10-14)17-11-16(20-21(17)26(3,22)23)12-4-6-13(19)7-5-12/h4-10,17H,11H2,1-3H3. The van der Waals surface area contributed by atoms with E-state index in [9.17, 15) is 8.42 Å². The van der Waals surface area contributed by atoms with Gasteiger partial charge >= 0.3 is 0 Å². The number of benzene rings is 2. The van der Waals surface area contributed by atoms with Gasteiger partial charge in [-0.25, -0.2) is 8.42 Å². The van der Waals surface area contributed by atoms with E-state index in [1.54, 1.807) is 44.6 Å². The second-order valence-electron chi connectivity index (χ2n) is 5.92. The summed E-state index contributed by atoms with van der Waals surface area (Å²) in [6.45, 7) is 0. The molecule has 0 saturated carbocycles. The molecule has 0 radical (unpaired) electrons. The molecular weight excluding hydrogens is 376 g/mol. The maximum absolute atomic E-state index is 12.3. The van der Waals surface area contributed by atoms with E-state index in [-0.39, 0.29) is 0 Å². The van der Waals surface area contributed by atoms with Gasteiger partial charge in [0.15, 0.2) is 0 Å². The van der Waals surface area contributed by atoms with E-state index in [2.05, 4.69) is 5.10 Å². The number of hydrogen-bond acceptors (Lipinski definition) is 5. The van der Waals surface area contributed by atoms with Gasteiger partial charge in [-0.3, -0.25) is 0 Å². The van der Waals surface area contributed by atoms with Crippen LogP contribution in [0, 0.1) is 0 Å². The van der Waals surface area contributed by atoms with Crippen LogP contribution in [0.5, 0.6) is 11.5 Å². The van der Waals surface area contributed by atoms with Crippen molar-refractivity contribution in [2.24, 2.45) is 5.10 Å². The van der Waals surface area contributed by atoms with E-state index < -0.39 is 16.1 Å². The number of ether oxygens (including phenoxy) is 2. The summed E-state index contributed by atoms with van der Waals surface area (Å²) in [5.41, 5.74) is 2.19. The van der Waals surface area contributed by atoms with Crippen LogP contribution in [-0.4, -0.2) is 39.0 Å². The predicted octanol–water partition coefficient (Wildman–Crippen LogP) is 3.47. The molecule has 26 heavy (non-hydrogen) atoms. The maximum atomic E-state index is 12.3. The lowest BCUT2D eigenvalue weighted by atomic mass is 9.98. The van der Waals surface area contributed by atoms with Crippen molar-refractivity contribution in [1.82, 2.24) is 4.41 Å². The molecule has 1 aliphatic rings. The molecule has 2 aromatic carbocycles. The van der Waals surface area contributed by atoms with Gasteiger partial charge in [0.25, 0.3) is 0 Å². The number of halogens is 1. The summed E-state index contributed by atoms with van der Waals surface area (Å²) in [4.78, 5) is 0. The zero-order valence-corrected chi connectivity index (χ0v) is 16.2. The van der Waals surface area contributed by atoms with Crippen LogP contribution in [0.2, 0.25) is 5.02 Å². The quantitative estimate of drug-likeness (QED) is 0.778. The van der Waals surface area contributed by atoms with E-state index in [1.165, 1.54) is 0 Å². The third-order valence-corrected chi connectivity index (χ3v) is 5.45. The molecule has 3 rings (SSSR count). The summed E-state index contributed by atoms with van der Waals surface area (Å²) in [5.74, 6) is 1.20. The van der Waals surface area contributed by atoms with Crippen molar-refractivity contribution in [3.8, 4) is 11.5 Å². The first-order valence-corrected chi connectivity index (χ1v) is 10.1. The molecule has 1 atom stereocenters. The summed E-state index contributed by atoms with van der Waals surface area (Å²) in [7, 11) is -0.463. The van der Waals surface area contributed by atoms with Crippen LogP contribution >= 0.6 is 11.6 Å². The molecule has 0 saturated heterocycles. The second-order valence-corrected chi connectivity index (χ2v) is 8.19. The lowest BCUT2D eigenvalue weighted by Gasteiger charge is -2.23.